The molecule has 0 unspecified atom stereocenters. The van der Waals surface area contributed by atoms with Gasteiger partial charge in [-0.2, -0.15) is 13.2 Å². The van der Waals surface area contributed by atoms with E-state index in [1.165, 1.54) is 0 Å². The molecule has 0 spiro atoms. The number of benzene rings is 2. The highest BCUT2D eigenvalue weighted by molar-refractivity contribution is 7.17. The Balaban J connectivity index is 1.75. The molecule has 2 aromatic carbocycles. The molecule has 1 aliphatic carbocycles. The lowest BCUT2D eigenvalue weighted by atomic mass is 9.87. The van der Waals surface area contributed by atoms with Crippen molar-refractivity contribution in [3.05, 3.63) is 74.9 Å². The van der Waals surface area contributed by atoms with Crippen LogP contribution in [0.4, 0.5) is 22.6 Å². The Kier molecular flexibility index (Phi) is 5.09. The van der Waals surface area contributed by atoms with Crippen molar-refractivity contribution in [3.63, 3.8) is 0 Å². The van der Waals surface area contributed by atoms with Gasteiger partial charge in [0.2, 0.25) is 0 Å². The highest BCUT2D eigenvalue weighted by Gasteiger charge is 2.35. The van der Waals surface area contributed by atoms with Crippen molar-refractivity contribution in [3.8, 4) is 11.1 Å². The van der Waals surface area contributed by atoms with Gasteiger partial charge in [-0.15, -0.1) is 11.3 Å². The zero-order valence-electron chi connectivity index (χ0n) is 16.1. The minimum Gasteiger partial charge on any atom is -0.478 e. The van der Waals surface area contributed by atoms with Gasteiger partial charge < -0.3 is 10.4 Å². The Hall–Kier alpha value is -3.20. The fraction of sp³-hybridized carbons (Fsp3) is 0.182. The summed E-state index contributed by atoms with van der Waals surface area (Å²) in [5, 5.41) is 12.3. The molecule has 0 aliphatic heterocycles. The molecule has 0 saturated heterocycles. The maximum atomic E-state index is 13.5. The molecule has 3 aromatic rings. The molecule has 31 heavy (non-hydrogen) atoms. The zero-order chi connectivity index (χ0) is 22.5. The maximum absolute atomic E-state index is 13.5. The van der Waals surface area contributed by atoms with Crippen molar-refractivity contribution in [1.82, 2.24) is 0 Å². The van der Waals surface area contributed by atoms with E-state index in [1.54, 1.807) is 0 Å². The zero-order valence-corrected chi connectivity index (χ0v) is 16.9. The second-order valence-electron chi connectivity index (χ2n) is 7.22. The Bertz CT molecular complexity index is 1230. The molecule has 9 heteroatoms. The maximum Gasteiger partial charge on any atom is 0.419 e. The van der Waals surface area contributed by atoms with E-state index in [9.17, 15) is 32.3 Å². The fourth-order valence-corrected chi connectivity index (χ4v) is 4.91. The topological polar surface area (TPSA) is 66.4 Å². The molecular weight excluding hydrogens is 434 g/mol. The van der Waals surface area contributed by atoms with Crippen LogP contribution in [0.2, 0.25) is 0 Å². The Labute approximate surface area is 178 Å². The molecule has 1 amide bonds. The monoisotopic (exact) mass is 449 g/mol. The van der Waals surface area contributed by atoms with Crippen molar-refractivity contribution < 1.29 is 32.3 Å². The molecule has 0 radical (unpaired) electrons. The van der Waals surface area contributed by atoms with Crippen LogP contribution in [0.15, 0.2) is 36.4 Å². The van der Waals surface area contributed by atoms with Gasteiger partial charge in [0.1, 0.15) is 16.4 Å². The van der Waals surface area contributed by atoms with Gasteiger partial charge in [0, 0.05) is 16.0 Å². The summed E-state index contributed by atoms with van der Waals surface area (Å²) in [7, 11) is 0. The largest absolute Gasteiger partial charge is 0.478 e. The first-order chi connectivity index (χ1) is 14.6. The van der Waals surface area contributed by atoms with Crippen LogP contribution in [0.5, 0.6) is 0 Å². The lowest BCUT2D eigenvalue weighted by Crippen LogP contribution is -2.16. The summed E-state index contributed by atoms with van der Waals surface area (Å²) in [4.78, 5) is 25.4. The summed E-state index contributed by atoms with van der Waals surface area (Å²) < 4.78 is 52.4. The third-order valence-electron chi connectivity index (χ3n) is 5.11. The average Bonchev–Trinajstić information content (AvgIpc) is 3.05. The van der Waals surface area contributed by atoms with E-state index in [2.05, 4.69) is 5.32 Å². The Morgan fingerprint density at radius 2 is 1.84 bits per heavy atom. The Morgan fingerprint density at radius 3 is 2.52 bits per heavy atom. The standard InChI is InChI=1S/C22H15F4NO3S/c1-10-2-5-13-11(8-10)4-7-16-17(13)18(21(29)30)20(31-16)27-19(28)12-3-6-15(23)14(9-12)22(24,25)26/h2-3,5-6,8-9H,4,7H2,1H3,(H,27,28)(H,29,30). The number of hydrogen-bond donors (Lipinski definition) is 2. The molecule has 2 N–H and O–H groups in total. The van der Waals surface area contributed by atoms with Crippen molar-refractivity contribution in [2.75, 3.05) is 5.32 Å². The van der Waals surface area contributed by atoms with E-state index < -0.39 is 35.0 Å². The second kappa shape index (κ2) is 7.49. The highest BCUT2D eigenvalue weighted by atomic mass is 32.1. The van der Waals surface area contributed by atoms with Gasteiger partial charge >= 0.3 is 12.1 Å². The number of alkyl halides is 3. The minimum atomic E-state index is -4.96. The lowest BCUT2D eigenvalue weighted by Gasteiger charge is -2.17. The molecule has 0 atom stereocenters. The van der Waals surface area contributed by atoms with E-state index in [1.807, 2.05) is 25.1 Å². The molecule has 1 aromatic heterocycles. The normalized spacial score (nSPS) is 12.8. The highest BCUT2D eigenvalue weighted by Crippen LogP contribution is 2.45. The van der Waals surface area contributed by atoms with Gasteiger partial charge in [0.05, 0.1) is 5.56 Å². The van der Waals surface area contributed by atoms with Crippen LogP contribution in [0, 0.1) is 12.7 Å². The summed E-state index contributed by atoms with van der Waals surface area (Å²) in [6, 6.07) is 7.59. The molecule has 0 bridgehead atoms. The van der Waals surface area contributed by atoms with E-state index in [0.717, 1.165) is 39.0 Å². The summed E-state index contributed by atoms with van der Waals surface area (Å²) in [5.41, 5.74) is 1.24. The number of aryl methyl sites for hydroxylation is 3. The Morgan fingerprint density at radius 1 is 1.10 bits per heavy atom. The van der Waals surface area contributed by atoms with E-state index in [4.69, 9.17) is 0 Å². The van der Waals surface area contributed by atoms with Crippen LogP contribution < -0.4 is 5.32 Å². The summed E-state index contributed by atoms with van der Waals surface area (Å²) in [5.74, 6) is -3.69. The predicted molar refractivity (Wildman–Crippen MR) is 108 cm³/mol. The first-order valence-corrected chi connectivity index (χ1v) is 10.0. The summed E-state index contributed by atoms with van der Waals surface area (Å²) >= 11 is 1.08. The van der Waals surface area contributed by atoms with Crippen molar-refractivity contribution >= 4 is 28.2 Å². The number of hydrogen-bond acceptors (Lipinski definition) is 3. The number of fused-ring (bicyclic) bond motifs is 3. The van der Waals surface area contributed by atoms with Crippen molar-refractivity contribution in [1.29, 1.82) is 0 Å². The van der Waals surface area contributed by atoms with Crippen LogP contribution >= 0.6 is 11.3 Å². The number of aromatic carboxylic acids is 1. The molecule has 0 saturated carbocycles. The van der Waals surface area contributed by atoms with Crippen LogP contribution in [0.3, 0.4) is 0 Å². The number of amides is 1. The summed E-state index contributed by atoms with van der Waals surface area (Å²) in [6.07, 6.45) is -3.66. The van der Waals surface area contributed by atoms with Gasteiger partial charge in [-0.25, -0.2) is 9.18 Å². The number of carbonyl (C=O) groups excluding carboxylic acids is 1. The van der Waals surface area contributed by atoms with E-state index >= 15 is 0 Å². The van der Waals surface area contributed by atoms with E-state index in [-0.39, 0.29) is 10.6 Å². The van der Waals surface area contributed by atoms with Gasteiger partial charge in [0.25, 0.3) is 5.91 Å². The predicted octanol–water partition coefficient (Wildman–Crippen LogP) is 5.93. The average molecular weight is 449 g/mol. The van der Waals surface area contributed by atoms with E-state index in [0.29, 0.717) is 30.5 Å². The number of rotatable bonds is 3. The molecule has 160 valence electrons. The van der Waals surface area contributed by atoms with Crippen LogP contribution in [-0.4, -0.2) is 17.0 Å². The number of carboxylic acid groups (broad SMARTS) is 1. The van der Waals surface area contributed by atoms with Crippen molar-refractivity contribution in [2.45, 2.75) is 25.9 Å². The lowest BCUT2D eigenvalue weighted by molar-refractivity contribution is -0.140. The molecule has 4 nitrogen and oxygen atoms in total. The quantitative estimate of drug-likeness (QED) is 0.487. The number of carboxylic acids is 1. The number of thiophene rings is 1. The fourth-order valence-electron chi connectivity index (χ4n) is 3.71. The molecule has 1 heterocycles. The smallest absolute Gasteiger partial charge is 0.419 e. The molecule has 0 fully saturated rings. The molecule has 1 aliphatic rings. The number of anilines is 1. The first-order valence-electron chi connectivity index (χ1n) is 9.23. The van der Waals surface area contributed by atoms with Gasteiger partial charge in [0.15, 0.2) is 0 Å². The first kappa shape index (κ1) is 21.0. The van der Waals surface area contributed by atoms with Gasteiger partial charge in [-0.3, -0.25) is 4.79 Å². The number of halogens is 4. The molecule has 4 rings (SSSR count). The number of nitrogens with one attached hydrogen (secondary N) is 1. The van der Waals surface area contributed by atoms with Crippen molar-refractivity contribution in [2.24, 2.45) is 0 Å². The summed E-state index contributed by atoms with van der Waals surface area (Å²) in [6.45, 7) is 1.94. The third-order valence-corrected chi connectivity index (χ3v) is 6.27. The van der Waals surface area contributed by atoms with Crippen LogP contribution in [-0.2, 0) is 19.0 Å². The van der Waals surface area contributed by atoms with Crippen LogP contribution in [0.25, 0.3) is 11.1 Å². The number of carbonyl (C=O) groups is 2. The SMILES string of the molecule is Cc1ccc2c(c1)CCc1sc(NC(=O)c3ccc(F)c(C(F)(F)F)c3)c(C(=O)O)c1-2. The third kappa shape index (κ3) is 3.81. The van der Waals surface area contributed by atoms with Gasteiger partial charge in [-0.05, 0) is 49.1 Å². The van der Waals surface area contributed by atoms with Crippen LogP contribution in [0.1, 0.15) is 42.3 Å². The minimum absolute atomic E-state index is 0.0359. The second-order valence-corrected chi connectivity index (χ2v) is 8.32. The molecular formula is C22H15F4NO3S. The van der Waals surface area contributed by atoms with Gasteiger partial charge in [-0.1, -0.05) is 23.8 Å².